The van der Waals surface area contributed by atoms with Crippen LogP contribution in [-0.2, 0) is 11.2 Å². The van der Waals surface area contributed by atoms with Crippen LogP contribution in [0.25, 0.3) is 0 Å². The lowest BCUT2D eigenvalue weighted by atomic mass is 10.1. The van der Waals surface area contributed by atoms with E-state index in [1.54, 1.807) is 18.0 Å². The molecule has 0 radical (unpaired) electrons. The van der Waals surface area contributed by atoms with E-state index in [0.717, 1.165) is 16.9 Å². The van der Waals surface area contributed by atoms with Crippen LogP contribution in [0.5, 0.6) is 0 Å². The number of hydrogen-bond donors (Lipinski definition) is 1. The maximum Gasteiger partial charge on any atom is 0.231 e. The summed E-state index contributed by atoms with van der Waals surface area (Å²) in [7, 11) is 1.76. The highest BCUT2D eigenvalue weighted by Gasteiger charge is 2.23. The Morgan fingerprint density at radius 2 is 2.24 bits per heavy atom. The number of hydrogen-bond acceptors (Lipinski definition) is 4. The van der Waals surface area contributed by atoms with E-state index in [2.05, 4.69) is 10.3 Å². The molecular formula is C15H11ClN4O. The number of fused-ring (bicyclic) bond motifs is 1. The van der Waals surface area contributed by atoms with Crippen LogP contribution in [0.15, 0.2) is 30.5 Å². The zero-order valence-corrected chi connectivity index (χ0v) is 12.0. The average molecular weight is 299 g/mol. The van der Waals surface area contributed by atoms with E-state index in [1.807, 2.05) is 24.3 Å². The molecule has 0 aliphatic carbocycles. The number of halogens is 1. The molecule has 1 aromatic carbocycles. The van der Waals surface area contributed by atoms with Gasteiger partial charge in [-0.2, -0.15) is 5.26 Å². The maximum atomic E-state index is 11.7. The van der Waals surface area contributed by atoms with Crippen molar-refractivity contribution in [2.24, 2.45) is 0 Å². The van der Waals surface area contributed by atoms with Gasteiger partial charge in [0, 0.05) is 24.6 Å². The summed E-state index contributed by atoms with van der Waals surface area (Å²) in [6.07, 6.45) is 1.86. The first kappa shape index (κ1) is 13.4. The lowest BCUT2D eigenvalue weighted by molar-refractivity contribution is -0.117. The van der Waals surface area contributed by atoms with E-state index in [1.165, 1.54) is 6.20 Å². The highest BCUT2D eigenvalue weighted by Crippen LogP contribution is 2.32. The summed E-state index contributed by atoms with van der Waals surface area (Å²) in [6, 6.07) is 9.21. The molecule has 1 aliphatic heterocycles. The van der Waals surface area contributed by atoms with E-state index in [-0.39, 0.29) is 5.91 Å². The van der Waals surface area contributed by atoms with E-state index in [9.17, 15) is 4.79 Å². The van der Waals surface area contributed by atoms with E-state index in [0.29, 0.717) is 22.8 Å². The molecule has 0 spiro atoms. The third-order valence-electron chi connectivity index (χ3n) is 3.39. The molecule has 2 heterocycles. The number of nitriles is 1. The minimum atomic E-state index is 0.0803. The van der Waals surface area contributed by atoms with Crippen LogP contribution >= 0.6 is 11.6 Å². The van der Waals surface area contributed by atoms with Crippen molar-refractivity contribution >= 4 is 34.7 Å². The largest absolute Gasteiger partial charge is 0.339 e. The molecule has 5 nitrogen and oxygen atoms in total. The number of likely N-dealkylation sites (N-methyl/N-ethyl adjacent to an activating group) is 1. The van der Waals surface area contributed by atoms with Crippen molar-refractivity contribution in [2.75, 3.05) is 17.3 Å². The molecule has 3 rings (SSSR count). The Balaban J connectivity index is 1.89. The van der Waals surface area contributed by atoms with Gasteiger partial charge >= 0.3 is 0 Å². The summed E-state index contributed by atoms with van der Waals surface area (Å²) in [6.45, 7) is 0. The summed E-state index contributed by atoms with van der Waals surface area (Å²) in [5.41, 5.74) is 3.10. The molecule has 0 fully saturated rings. The SMILES string of the molecule is CN1C(=O)Cc2cc(Nc3ncc(C#N)cc3Cl)ccc21. The molecule has 0 saturated carbocycles. The monoisotopic (exact) mass is 298 g/mol. The first-order chi connectivity index (χ1) is 10.1. The fourth-order valence-corrected chi connectivity index (χ4v) is 2.49. The third-order valence-corrected chi connectivity index (χ3v) is 3.68. The number of aromatic nitrogens is 1. The van der Waals surface area contributed by atoms with Gasteiger partial charge in [0.1, 0.15) is 11.9 Å². The molecule has 2 aromatic rings. The maximum absolute atomic E-state index is 11.7. The van der Waals surface area contributed by atoms with E-state index in [4.69, 9.17) is 16.9 Å². The number of nitrogens with one attached hydrogen (secondary N) is 1. The Morgan fingerprint density at radius 1 is 1.43 bits per heavy atom. The normalized spacial score (nSPS) is 13.0. The lowest BCUT2D eigenvalue weighted by Crippen LogP contribution is -2.20. The van der Waals surface area contributed by atoms with Crippen LogP contribution in [0.4, 0.5) is 17.2 Å². The Kier molecular flexibility index (Phi) is 3.24. The summed E-state index contributed by atoms with van der Waals surface area (Å²) in [4.78, 5) is 17.4. The predicted octanol–water partition coefficient (Wildman–Crippen LogP) is 2.87. The van der Waals surface area contributed by atoms with Crippen LogP contribution < -0.4 is 10.2 Å². The number of anilines is 3. The van der Waals surface area contributed by atoms with Crippen LogP contribution in [-0.4, -0.2) is 17.9 Å². The summed E-state index contributed by atoms with van der Waals surface area (Å²) in [5, 5.41) is 12.3. The lowest BCUT2D eigenvalue weighted by Gasteiger charge is -2.12. The van der Waals surface area contributed by atoms with Gasteiger partial charge in [-0.25, -0.2) is 4.98 Å². The molecule has 0 unspecified atom stereocenters. The zero-order chi connectivity index (χ0) is 15.0. The number of carbonyl (C=O) groups is 1. The van der Waals surface area contributed by atoms with Gasteiger partial charge in [-0.05, 0) is 29.8 Å². The first-order valence-electron chi connectivity index (χ1n) is 6.30. The molecule has 0 saturated heterocycles. The Hall–Kier alpha value is -2.58. The molecule has 1 amide bonds. The fraction of sp³-hybridized carbons (Fsp3) is 0.133. The minimum absolute atomic E-state index is 0.0803. The van der Waals surface area contributed by atoms with Crippen LogP contribution in [0, 0.1) is 11.3 Å². The molecular weight excluding hydrogens is 288 g/mol. The smallest absolute Gasteiger partial charge is 0.231 e. The first-order valence-corrected chi connectivity index (χ1v) is 6.68. The van der Waals surface area contributed by atoms with Crippen molar-refractivity contribution in [1.29, 1.82) is 5.26 Å². The number of pyridine rings is 1. The highest BCUT2D eigenvalue weighted by molar-refractivity contribution is 6.33. The summed E-state index contributed by atoms with van der Waals surface area (Å²) < 4.78 is 0. The molecule has 104 valence electrons. The summed E-state index contributed by atoms with van der Waals surface area (Å²) in [5.74, 6) is 0.560. The molecule has 21 heavy (non-hydrogen) atoms. The molecule has 1 N–H and O–H groups in total. The molecule has 0 atom stereocenters. The van der Waals surface area contributed by atoms with Gasteiger partial charge in [-0.3, -0.25) is 4.79 Å². The van der Waals surface area contributed by atoms with E-state index >= 15 is 0 Å². The Morgan fingerprint density at radius 3 is 2.95 bits per heavy atom. The van der Waals surface area contributed by atoms with Gasteiger partial charge in [-0.15, -0.1) is 0 Å². The van der Waals surface area contributed by atoms with Gasteiger partial charge in [0.05, 0.1) is 17.0 Å². The standard InChI is InChI=1S/C15H11ClN4O/c1-20-13-3-2-11(5-10(13)6-14(20)21)19-15-12(16)4-9(7-17)8-18-15/h2-5,8H,6H2,1H3,(H,18,19). The predicted molar refractivity (Wildman–Crippen MR) is 80.8 cm³/mol. The van der Waals surface area contributed by atoms with Crippen molar-refractivity contribution in [3.63, 3.8) is 0 Å². The van der Waals surface area contributed by atoms with Crippen molar-refractivity contribution in [2.45, 2.75) is 6.42 Å². The van der Waals surface area contributed by atoms with Gasteiger partial charge in [0.15, 0.2) is 0 Å². The quantitative estimate of drug-likeness (QED) is 0.925. The molecule has 1 aliphatic rings. The van der Waals surface area contributed by atoms with E-state index < -0.39 is 0 Å². The van der Waals surface area contributed by atoms with Crippen LogP contribution in [0.3, 0.4) is 0 Å². The van der Waals surface area contributed by atoms with Crippen molar-refractivity contribution in [1.82, 2.24) is 4.98 Å². The average Bonchev–Trinajstić information content (AvgIpc) is 2.76. The van der Waals surface area contributed by atoms with Gasteiger partial charge in [-0.1, -0.05) is 11.6 Å². The highest BCUT2D eigenvalue weighted by atomic mass is 35.5. The van der Waals surface area contributed by atoms with Crippen LogP contribution in [0.1, 0.15) is 11.1 Å². The summed E-state index contributed by atoms with van der Waals surface area (Å²) >= 11 is 6.08. The number of benzene rings is 1. The fourth-order valence-electron chi connectivity index (χ4n) is 2.28. The van der Waals surface area contributed by atoms with Gasteiger partial charge in [0.25, 0.3) is 0 Å². The third kappa shape index (κ3) is 2.41. The molecule has 0 bridgehead atoms. The number of rotatable bonds is 2. The topological polar surface area (TPSA) is 69.0 Å². The number of carbonyl (C=O) groups excluding carboxylic acids is 1. The second-order valence-corrected chi connectivity index (χ2v) is 5.17. The van der Waals surface area contributed by atoms with Crippen molar-refractivity contribution < 1.29 is 4.79 Å². The minimum Gasteiger partial charge on any atom is -0.339 e. The van der Waals surface area contributed by atoms with Gasteiger partial charge < -0.3 is 10.2 Å². The van der Waals surface area contributed by atoms with Crippen LogP contribution in [0.2, 0.25) is 5.02 Å². The molecule has 1 aromatic heterocycles. The van der Waals surface area contributed by atoms with Gasteiger partial charge in [0.2, 0.25) is 5.91 Å². The number of amides is 1. The second-order valence-electron chi connectivity index (χ2n) is 4.76. The zero-order valence-electron chi connectivity index (χ0n) is 11.2. The number of nitrogens with zero attached hydrogens (tertiary/aromatic N) is 3. The Labute approximate surface area is 126 Å². The van der Waals surface area contributed by atoms with Crippen molar-refractivity contribution in [3.8, 4) is 6.07 Å². The second kappa shape index (κ2) is 5.08. The Bertz CT molecular complexity index is 782. The van der Waals surface area contributed by atoms with Crippen molar-refractivity contribution in [3.05, 3.63) is 46.6 Å². The molecule has 6 heteroatoms.